The van der Waals surface area contributed by atoms with Gasteiger partial charge < -0.3 is 20.1 Å². The van der Waals surface area contributed by atoms with Crippen molar-refractivity contribution in [1.82, 2.24) is 0 Å². The number of hydrogen-bond acceptors (Lipinski definition) is 4. The number of rotatable bonds is 3. The molecule has 2 rings (SSSR count). The van der Waals surface area contributed by atoms with Gasteiger partial charge in [-0.25, -0.2) is 0 Å². The predicted molar refractivity (Wildman–Crippen MR) is 73.1 cm³/mol. The quantitative estimate of drug-likeness (QED) is 0.888. The predicted octanol–water partition coefficient (Wildman–Crippen LogP) is 1.77. The Labute approximate surface area is 109 Å². The molecule has 2 N–H and O–H groups in total. The Morgan fingerprint density at radius 2 is 2.22 bits per heavy atom. The molecule has 0 saturated carbocycles. The van der Waals surface area contributed by atoms with Crippen LogP contribution >= 0.6 is 0 Å². The average molecular weight is 250 g/mol. The number of methoxy groups -OCH3 is 1. The number of anilines is 1. The second-order valence-corrected chi connectivity index (χ2v) is 5.22. The summed E-state index contributed by atoms with van der Waals surface area (Å²) in [6.45, 7) is 7.27. The number of nitrogens with zero attached hydrogens (tertiary/aromatic N) is 1. The van der Waals surface area contributed by atoms with E-state index in [1.807, 2.05) is 12.1 Å². The van der Waals surface area contributed by atoms with Gasteiger partial charge in [-0.2, -0.15) is 0 Å². The van der Waals surface area contributed by atoms with Gasteiger partial charge in [0.05, 0.1) is 25.9 Å². The van der Waals surface area contributed by atoms with Crippen molar-refractivity contribution in [3.63, 3.8) is 0 Å². The molecule has 0 amide bonds. The lowest BCUT2D eigenvalue weighted by molar-refractivity contribution is 0.0643. The molecule has 0 aromatic heterocycles. The highest BCUT2D eigenvalue weighted by atomic mass is 16.5. The molecule has 0 radical (unpaired) electrons. The van der Waals surface area contributed by atoms with Gasteiger partial charge >= 0.3 is 0 Å². The highest BCUT2D eigenvalue weighted by Crippen LogP contribution is 2.32. The summed E-state index contributed by atoms with van der Waals surface area (Å²) in [5.74, 6) is 0.865. The van der Waals surface area contributed by atoms with E-state index >= 15 is 0 Å². The zero-order valence-electron chi connectivity index (χ0n) is 11.4. The second kappa shape index (κ2) is 5.16. The Hall–Kier alpha value is -1.26. The van der Waals surface area contributed by atoms with Gasteiger partial charge in [-0.15, -0.1) is 0 Å². The Bertz CT molecular complexity index is 418. The zero-order valence-corrected chi connectivity index (χ0v) is 11.4. The van der Waals surface area contributed by atoms with E-state index in [0.29, 0.717) is 6.54 Å². The molecule has 0 atom stereocenters. The lowest BCUT2D eigenvalue weighted by atomic mass is 9.99. The van der Waals surface area contributed by atoms with E-state index in [9.17, 15) is 0 Å². The molecule has 0 unspecified atom stereocenters. The standard InChI is InChI=1S/C14H22N2O2/c1-14(2)10-18-7-6-16(14)13-8-12(17-3)5-4-11(13)9-15/h4-5,8H,6-7,9-10,15H2,1-3H3. The fourth-order valence-electron chi connectivity index (χ4n) is 2.40. The van der Waals surface area contributed by atoms with Gasteiger partial charge in [0.2, 0.25) is 0 Å². The molecule has 100 valence electrons. The molecule has 1 fully saturated rings. The molecule has 1 aromatic carbocycles. The van der Waals surface area contributed by atoms with Crippen molar-refractivity contribution in [2.45, 2.75) is 25.9 Å². The van der Waals surface area contributed by atoms with Gasteiger partial charge in [0, 0.05) is 24.8 Å². The van der Waals surface area contributed by atoms with Gasteiger partial charge in [-0.1, -0.05) is 6.07 Å². The van der Waals surface area contributed by atoms with Gasteiger partial charge in [0.1, 0.15) is 5.75 Å². The van der Waals surface area contributed by atoms with Crippen LogP contribution < -0.4 is 15.4 Å². The van der Waals surface area contributed by atoms with Crippen molar-refractivity contribution in [3.8, 4) is 5.75 Å². The Morgan fingerprint density at radius 1 is 1.44 bits per heavy atom. The summed E-state index contributed by atoms with van der Waals surface area (Å²) in [6, 6.07) is 6.06. The minimum absolute atomic E-state index is 0.0193. The van der Waals surface area contributed by atoms with Crippen molar-refractivity contribution < 1.29 is 9.47 Å². The first-order valence-corrected chi connectivity index (χ1v) is 6.31. The van der Waals surface area contributed by atoms with Gasteiger partial charge in [-0.05, 0) is 25.5 Å². The van der Waals surface area contributed by atoms with Crippen molar-refractivity contribution in [1.29, 1.82) is 0 Å². The number of morpholine rings is 1. The van der Waals surface area contributed by atoms with Crippen molar-refractivity contribution in [2.24, 2.45) is 5.73 Å². The molecule has 4 heteroatoms. The summed E-state index contributed by atoms with van der Waals surface area (Å²) in [5, 5.41) is 0. The van der Waals surface area contributed by atoms with E-state index in [1.165, 1.54) is 0 Å². The SMILES string of the molecule is COc1ccc(CN)c(N2CCOCC2(C)C)c1. The number of benzene rings is 1. The third kappa shape index (κ3) is 2.44. The number of nitrogens with two attached hydrogens (primary N) is 1. The molecule has 1 aromatic rings. The van der Waals surface area contributed by atoms with E-state index in [2.05, 4.69) is 24.8 Å². The zero-order chi connectivity index (χ0) is 13.2. The minimum atomic E-state index is -0.0193. The van der Waals surface area contributed by atoms with Crippen molar-refractivity contribution in [3.05, 3.63) is 23.8 Å². The van der Waals surface area contributed by atoms with E-state index < -0.39 is 0 Å². The van der Waals surface area contributed by atoms with Crippen LogP contribution in [-0.2, 0) is 11.3 Å². The number of ether oxygens (including phenoxy) is 2. The van der Waals surface area contributed by atoms with E-state index in [1.54, 1.807) is 7.11 Å². The van der Waals surface area contributed by atoms with Crippen LogP contribution in [0, 0.1) is 0 Å². The largest absolute Gasteiger partial charge is 0.497 e. The van der Waals surface area contributed by atoms with Crippen LogP contribution in [0.4, 0.5) is 5.69 Å². The van der Waals surface area contributed by atoms with Crippen LogP contribution in [0.25, 0.3) is 0 Å². The van der Waals surface area contributed by atoms with Crippen LogP contribution in [0.5, 0.6) is 5.75 Å². The normalized spacial score (nSPS) is 18.8. The molecule has 1 aliphatic heterocycles. The molecule has 0 spiro atoms. The summed E-state index contributed by atoms with van der Waals surface area (Å²) in [5.41, 5.74) is 8.12. The molecular weight excluding hydrogens is 228 g/mol. The minimum Gasteiger partial charge on any atom is -0.497 e. The molecule has 0 aliphatic carbocycles. The third-order valence-electron chi connectivity index (χ3n) is 3.45. The summed E-state index contributed by atoms with van der Waals surface area (Å²) >= 11 is 0. The molecule has 0 bridgehead atoms. The molecule has 1 aliphatic rings. The summed E-state index contributed by atoms with van der Waals surface area (Å²) in [4.78, 5) is 2.36. The average Bonchev–Trinajstić information content (AvgIpc) is 2.37. The summed E-state index contributed by atoms with van der Waals surface area (Å²) < 4.78 is 10.9. The fourth-order valence-corrected chi connectivity index (χ4v) is 2.40. The van der Waals surface area contributed by atoms with Crippen LogP contribution in [0.15, 0.2) is 18.2 Å². The maximum atomic E-state index is 5.84. The van der Waals surface area contributed by atoms with E-state index in [-0.39, 0.29) is 5.54 Å². The van der Waals surface area contributed by atoms with Crippen molar-refractivity contribution >= 4 is 5.69 Å². The Morgan fingerprint density at radius 3 is 2.83 bits per heavy atom. The topological polar surface area (TPSA) is 47.7 Å². The third-order valence-corrected chi connectivity index (χ3v) is 3.45. The molecule has 4 nitrogen and oxygen atoms in total. The summed E-state index contributed by atoms with van der Waals surface area (Å²) in [6.07, 6.45) is 0. The van der Waals surface area contributed by atoms with Crippen LogP contribution in [-0.4, -0.2) is 32.4 Å². The fraction of sp³-hybridized carbons (Fsp3) is 0.571. The first-order chi connectivity index (χ1) is 8.58. The molecule has 1 heterocycles. The van der Waals surface area contributed by atoms with E-state index in [4.69, 9.17) is 15.2 Å². The second-order valence-electron chi connectivity index (χ2n) is 5.22. The van der Waals surface area contributed by atoms with Gasteiger partial charge in [0.15, 0.2) is 0 Å². The number of hydrogen-bond donors (Lipinski definition) is 1. The smallest absolute Gasteiger partial charge is 0.120 e. The Kier molecular flexibility index (Phi) is 3.78. The van der Waals surface area contributed by atoms with Crippen LogP contribution in [0.1, 0.15) is 19.4 Å². The maximum absolute atomic E-state index is 5.84. The van der Waals surface area contributed by atoms with Gasteiger partial charge in [0.25, 0.3) is 0 Å². The lowest BCUT2D eigenvalue weighted by Crippen LogP contribution is -2.53. The highest BCUT2D eigenvalue weighted by molar-refractivity contribution is 5.59. The first-order valence-electron chi connectivity index (χ1n) is 6.31. The molecule has 18 heavy (non-hydrogen) atoms. The monoisotopic (exact) mass is 250 g/mol. The highest BCUT2D eigenvalue weighted by Gasteiger charge is 2.31. The van der Waals surface area contributed by atoms with Crippen molar-refractivity contribution in [2.75, 3.05) is 31.8 Å². The van der Waals surface area contributed by atoms with Crippen LogP contribution in [0.3, 0.4) is 0 Å². The summed E-state index contributed by atoms with van der Waals surface area (Å²) in [7, 11) is 1.69. The van der Waals surface area contributed by atoms with Gasteiger partial charge in [-0.3, -0.25) is 0 Å². The maximum Gasteiger partial charge on any atom is 0.120 e. The Balaban J connectivity index is 2.41. The van der Waals surface area contributed by atoms with E-state index in [0.717, 1.165) is 36.8 Å². The molecule has 1 saturated heterocycles. The van der Waals surface area contributed by atoms with Crippen LogP contribution in [0.2, 0.25) is 0 Å². The lowest BCUT2D eigenvalue weighted by Gasteiger charge is -2.44. The first kappa shape index (κ1) is 13.2. The molecular formula is C14H22N2O2.